The topological polar surface area (TPSA) is 59.1 Å². The average molecular weight is 264 g/mol. The number of hydrogen-bond acceptors (Lipinski definition) is 5. The highest BCUT2D eigenvalue weighted by atomic mass is 16.5. The predicted octanol–water partition coefficient (Wildman–Crippen LogP) is 2.77. The quantitative estimate of drug-likeness (QED) is 0.827. The first-order chi connectivity index (χ1) is 9.24. The van der Waals surface area contributed by atoms with Gasteiger partial charge in [-0.25, -0.2) is 9.97 Å². The van der Waals surface area contributed by atoms with E-state index >= 15 is 0 Å². The van der Waals surface area contributed by atoms with Gasteiger partial charge in [0.1, 0.15) is 6.33 Å². The number of aromatic nitrogens is 2. The minimum absolute atomic E-state index is 0.704. The first-order valence-electron chi connectivity index (χ1n) is 7.11. The molecule has 1 aromatic heterocycles. The SMILES string of the molecule is CCNc1ncnc(NCC2CCC(C)C2)c1OC. The lowest BCUT2D eigenvalue weighted by atomic mass is 10.1. The van der Waals surface area contributed by atoms with Gasteiger partial charge < -0.3 is 15.4 Å². The highest BCUT2D eigenvalue weighted by molar-refractivity contribution is 5.63. The summed E-state index contributed by atoms with van der Waals surface area (Å²) in [6, 6.07) is 0. The molecule has 0 aliphatic heterocycles. The van der Waals surface area contributed by atoms with Crippen LogP contribution in [0.5, 0.6) is 5.75 Å². The van der Waals surface area contributed by atoms with Crippen molar-refractivity contribution in [1.82, 2.24) is 9.97 Å². The lowest BCUT2D eigenvalue weighted by Gasteiger charge is -2.15. The van der Waals surface area contributed by atoms with Gasteiger partial charge >= 0.3 is 0 Å². The fourth-order valence-corrected chi connectivity index (χ4v) is 2.74. The molecule has 1 aromatic rings. The van der Waals surface area contributed by atoms with Crippen LogP contribution in [0.4, 0.5) is 11.6 Å². The number of rotatable bonds is 6. The Morgan fingerprint density at radius 3 is 2.58 bits per heavy atom. The second-order valence-electron chi connectivity index (χ2n) is 5.30. The Morgan fingerprint density at radius 1 is 1.26 bits per heavy atom. The van der Waals surface area contributed by atoms with Crippen molar-refractivity contribution in [2.24, 2.45) is 11.8 Å². The minimum atomic E-state index is 0.704. The third-order valence-electron chi connectivity index (χ3n) is 3.71. The standard InChI is InChI=1S/C14H24N4O/c1-4-15-13-12(19-3)14(18-9-17-13)16-8-11-6-5-10(2)7-11/h9-11H,4-8H2,1-3H3,(H2,15,16,17,18). The molecule has 1 fully saturated rings. The Balaban J connectivity index is 2.00. The van der Waals surface area contributed by atoms with Crippen molar-refractivity contribution in [2.45, 2.75) is 33.1 Å². The van der Waals surface area contributed by atoms with Crippen LogP contribution in [0, 0.1) is 11.8 Å². The van der Waals surface area contributed by atoms with Crippen LogP contribution < -0.4 is 15.4 Å². The Labute approximate surface area is 115 Å². The Kier molecular flexibility index (Phi) is 4.82. The summed E-state index contributed by atoms with van der Waals surface area (Å²) < 4.78 is 5.42. The molecule has 0 aromatic carbocycles. The van der Waals surface area contributed by atoms with E-state index in [9.17, 15) is 0 Å². The summed E-state index contributed by atoms with van der Waals surface area (Å²) in [7, 11) is 1.66. The van der Waals surface area contributed by atoms with Crippen LogP contribution in [0.15, 0.2) is 6.33 Å². The first-order valence-corrected chi connectivity index (χ1v) is 7.11. The minimum Gasteiger partial charge on any atom is -0.490 e. The normalized spacial score (nSPS) is 22.3. The third kappa shape index (κ3) is 3.49. The molecule has 5 heteroatoms. The third-order valence-corrected chi connectivity index (χ3v) is 3.71. The maximum Gasteiger partial charge on any atom is 0.204 e. The van der Waals surface area contributed by atoms with Crippen molar-refractivity contribution in [2.75, 3.05) is 30.8 Å². The van der Waals surface area contributed by atoms with Gasteiger partial charge in [0.25, 0.3) is 0 Å². The molecule has 0 saturated heterocycles. The monoisotopic (exact) mass is 264 g/mol. The Morgan fingerprint density at radius 2 is 2.00 bits per heavy atom. The molecule has 2 rings (SSSR count). The van der Waals surface area contributed by atoms with Crippen molar-refractivity contribution in [3.8, 4) is 5.75 Å². The molecule has 1 aliphatic rings. The fourth-order valence-electron chi connectivity index (χ4n) is 2.74. The van der Waals surface area contributed by atoms with E-state index in [4.69, 9.17) is 4.74 Å². The van der Waals surface area contributed by atoms with Gasteiger partial charge in [-0.1, -0.05) is 13.3 Å². The van der Waals surface area contributed by atoms with Gasteiger partial charge in [-0.15, -0.1) is 0 Å². The van der Waals surface area contributed by atoms with Gasteiger partial charge in [-0.3, -0.25) is 0 Å². The molecule has 0 radical (unpaired) electrons. The molecular weight excluding hydrogens is 240 g/mol. The maximum atomic E-state index is 5.42. The largest absolute Gasteiger partial charge is 0.490 e. The smallest absolute Gasteiger partial charge is 0.204 e. The highest BCUT2D eigenvalue weighted by Gasteiger charge is 2.21. The summed E-state index contributed by atoms with van der Waals surface area (Å²) in [6.45, 7) is 6.14. The van der Waals surface area contributed by atoms with Crippen molar-refractivity contribution >= 4 is 11.6 Å². The summed E-state index contributed by atoms with van der Waals surface area (Å²) in [4.78, 5) is 8.49. The zero-order valence-corrected chi connectivity index (χ0v) is 12.1. The average Bonchev–Trinajstić information content (AvgIpc) is 2.83. The molecular formula is C14H24N4O. The van der Waals surface area contributed by atoms with Crippen molar-refractivity contribution in [3.05, 3.63) is 6.33 Å². The number of ether oxygens (including phenoxy) is 1. The van der Waals surface area contributed by atoms with Crippen LogP contribution in [0.2, 0.25) is 0 Å². The molecule has 1 saturated carbocycles. The molecule has 2 atom stereocenters. The summed E-state index contributed by atoms with van der Waals surface area (Å²) in [5.74, 6) is 3.85. The molecule has 2 unspecified atom stereocenters. The summed E-state index contributed by atoms with van der Waals surface area (Å²) in [5.41, 5.74) is 0. The predicted molar refractivity (Wildman–Crippen MR) is 77.7 cm³/mol. The van der Waals surface area contributed by atoms with Gasteiger partial charge in [0.05, 0.1) is 7.11 Å². The molecule has 0 amide bonds. The number of nitrogens with one attached hydrogen (secondary N) is 2. The molecule has 2 N–H and O–H groups in total. The van der Waals surface area contributed by atoms with E-state index in [-0.39, 0.29) is 0 Å². The summed E-state index contributed by atoms with van der Waals surface area (Å²) in [6.07, 6.45) is 5.53. The fraction of sp³-hybridized carbons (Fsp3) is 0.714. The Bertz CT molecular complexity index is 410. The van der Waals surface area contributed by atoms with E-state index in [2.05, 4.69) is 27.5 Å². The lowest BCUT2D eigenvalue weighted by molar-refractivity contribution is 0.414. The number of anilines is 2. The molecule has 0 bridgehead atoms. The zero-order valence-electron chi connectivity index (χ0n) is 12.1. The lowest BCUT2D eigenvalue weighted by Crippen LogP contribution is -2.14. The van der Waals surface area contributed by atoms with Gasteiger partial charge in [0.2, 0.25) is 5.75 Å². The Hall–Kier alpha value is -1.52. The van der Waals surface area contributed by atoms with E-state index in [0.717, 1.165) is 36.6 Å². The summed E-state index contributed by atoms with van der Waals surface area (Å²) in [5, 5.41) is 6.60. The zero-order chi connectivity index (χ0) is 13.7. The van der Waals surface area contributed by atoms with Crippen molar-refractivity contribution in [3.63, 3.8) is 0 Å². The van der Waals surface area contributed by atoms with Gasteiger partial charge in [0.15, 0.2) is 11.6 Å². The van der Waals surface area contributed by atoms with E-state index < -0.39 is 0 Å². The van der Waals surface area contributed by atoms with Crippen LogP contribution in [-0.2, 0) is 0 Å². The van der Waals surface area contributed by atoms with Crippen molar-refractivity contribution in [1.29, 1.82) is 0 Å². The van der Waals surface area contributed by atoms with Gasteiger partial charge in [-0.05, 0) is 31.6 Å². The van der Waals surface area contributed by atoms with E-state index in [1.807, 2.05) is 6.92 Å². The number of nitrogens with zero attached hydrogens (tertiary/aromatic N) is 2. The molecule has 5 nitrogen and oxygen atoms in total. The number of hydrogen-bond donors (Lipinski definition) is 2. The maximum absolute atomic E-state index is 5.42. The van der Waals surface area contributed by atoms with Crippen LogP contribution in [0.25, 0.3) is 0 Å². The highest BCUT2D eigenvalue weighted by Crippen LogP contribution is 2.32. The van der Waals surface area contributed by atoms with Gasteiger partial charge in [0, 0.05) is 13.1 Å². The van der Waals surface area contributed by atoms with E-state index in [1.54, 1.807) is 13.4 Å². The van der Waals surface area contributed by atoms with Crippen LogP contribution in [-0.4, -0.2) is 30.2 Å². The molecule has 1 aliphatic carbocycles. The van der Waals surface area contributed by atoms with Crippen molar-refractivity contribution < 1.29 is 4.74 Å². The van der Waals surface area contributed by atoms with Crippen LogP contribution in [0.3, 0.4) is 0 Å². The molecule has 106 valence electrons. The first kappa shape index (κ1) is 13.9. The molecule has 19 heavy (non-hydrogen) atoms. The second kappa shape index (κ2) is 6.59. The molecule has 1 heterocycles. The second-order valence-corrected chi connectivity index (χ2v) is 5.30. The number of methoxy groups -OCH3 is 1. The summed E-state index contributed by atoms with van der Waals surface area (Å²) >= 11 is 0. The van der Waals surface area contributed by atoms with Crippen LogP contribution in [0.1, 0.15) is 33.1 Å². The van der Waals surface area contributed by atoms with Gasteiger partial charge in [-0.2, -0.15) is 0 Å². The van der Waals surface area contributed by atoms with E-state index in [0.29, 0.717) is 5.75 Å². The van der Waals surface area contributed by atoms with Crippen LogP contribution >= 0.6 is 0 Å². The molecule has 0 spiro atoms. The van der Waals surface area contributed by atoms with E-state index in [1.165, 1.54) is 19.3 Å².